The third-order valence-electron chi connectivity index (χ3n) is 3.79. The molecule has 0 saturated heterocycles. The van der Waals surface area contributed by atoms with Gasteiger partial charge in [-0.05, 0) is 24.6 Å². The van der Waals surface area contributed by atoms with Crippen LogP contribution in [0.5, 0.6) is 0 Å². The SMILES string of the molecule is Cc1cc(-c2cnc3c(c2)N(CC(=O)N(C)C)C(=O)C3)sc1Cl. The molecular weight excluding hydrogens is 334 g/mol. The molecule has 23 heavy (non-hydrogen) atoms. The molecular formula is C16H16ClN3O2S. The molecule has 7 heteroatoms. The van der Waals surface area contributed by atoms with Crippen LogP contribution in [0.15, 0.2) is 18.3 Å². The van der Waals surface area contributed by atoms with Gasteiger partial charge in [-0.1, -0.05) is 11.6 Å². The van der Waals surface area contributed by atoms with Crippen molar-refractivity contribution in [3.05, 3.63) is 33.9 Å². The van der Waals surface area contributed by atoms with Gasteiger partial charge in [-0.25, -0.2) is 0 Å². The number of amides is 2. The average Bonchev–Trinajstić information content (AvgIpc) is 2.99. The molecule has 0 radical (unpaired) electrons. The fraction of sp³-hybridized carbons (Fsp3) is 0.312. The summed E-state index contributed by atoms with van der Waals surface area (Å²) in [6, 6.07) is 3.92. The van der Waals surface area contributed by atoms with Crippen LogP contribution in [0, 0.1) is 6.92 Å². The lowest BCUT2D eigenvalue weighted by Gasteiger charge is -2.19. The van der Waals surface area contributed by atoms with Gasteiger partial charge in [0.1, 0.15) is 6.54 Å². The molecule has 0 atom stereocenters. The molecule has 0 N–H and O–H groups in total. The van der Waals surface area contributed by atoms with Gasteiger partial charge in [-0.3, -0.25) is 14.6 Å². The second kappa shape index (κ2) is 5.94. The molecule has 1 aliphatic rings. The summed E-state index contributed by atoms with van der Waals surface area (Å²) in [5, 5.41) is 0. The van der Waals surface area contributed by atoms with Gasteiger partial charge in [0.2, 0.25) is 11.8 Å². The minimum Gasteiger partial charge on any atom is -0.347 e. The maximum Gasteiger partial charge on any atom is 0.242 e. The largest absolute Gasteiger partial charge is 0.347 e. The van der Waals surface area contributed by atoms with Crippen LogP contribution < -0.4 is 4.90 Å². The van der Waals surface area contributed by atoms with E-state index >= 15 is 0 Å². The highest BCUT2D eigenvalue weighted by atomic mass is 35.5. The minimum absolute atomic E-state index is 0.0359. The van der Waals surface area contributed by atoms with Gasteiger partial charge in [0.05, 0.1) is 22.1 Å². The van der Waals surface area contributed by atoms with Crippen LogP contribution in [0.2, 0.25) is 4.34 Å². The van der Waals surface area contributed by atoms with E-state index in [-0.39, 0.29) is 24.8 Å². The molecule has 0 unspecified atom stereocenters. The quantitative estimate of drug-likeness (QED) is 0.856. The summed E-state index contributed by atoms with van der Waals surface area (Å²) >= 11 is 7.62. The summed E-state index contributed by atoms with van der Waals surface area (Å²) in [7, 11) is 3.35. The summed E-state index contributed by atoms with van der Waals surface area (Å²) in [6.07, 6.45) is 1.99. The zero-order chi connectivity index (χ0) is 16.7. The van der Waals surface area contributed by atoms with Gasteiger partial charge >= 0.3 is 0 Å². The van der Waals surface area contributed by atoms with Crippen molar-refractivity contribution in [1.82, 2.24) is 9.88 Å². The van der Waals surface area contributed by atoms with Crippen LogP contribution in [-0.2, 0) is 16.0 Å². The van der Waals surface area contributed by atoms with E-state index in [1.165, 1.54) is 21.1 Å². The summed E-state index contributed by atoms with van der Waals surface area (Å²) in [5.74, 6) is -0.216. The first-order valence-corrected chi connectivity index (χ1v) is 8.32. The van der Waals surface area contributed by atoms with E-state index in [0.717, 1.165) is 20.3 Å². The van der Waals surface area contributed by atoms with E-state index in [9.17, 15) is 9.59 Å². The van der Waals surface area contributed by atoms with Crippen LogP contribution in [0.25, 0.3) is 10.4 Å². The second-order valence-electron chi connectivity index (χ2n) is 5.70. The Kier molecular flexibility index (Phi) is 4.12. The first kappa shape index (κ1) is 16.0. The van der Waals surface area contributed by atoms with E-state index in [0.29, 0.717) is 11.4 Å². The standard InChI is InChI=1S/C16H16ClN3O2S/c1-9-4-13(23-16(9)17)10-5-12-11(18-7-10)6-14(21)20(12)8-15(22)19(2)3/h4-5,7H,6,8H2,1-3H3. The maximum atomic E-state index is 12.2. The van der Waals surface area contributed by atoms with Crippen molar-refractivity contribution in [3.8, 4) is 10.4 Å². The van der Waals surface area contributed by atoms with Gasteiger partial charge in [0.15, 0.2) is 0 Å². The Labute approximate surface area is 143 Å². The number of carbonyl (C=O) groups is 2. The van der Waals surface area contributed by atoms with Crippen molar-refractivity contribution in [2.24, 2.45) is 0 Å². The Bertz CT molecular complexity index is 781. The van der Waals surface area contributed by atoms with Crippen molar-refractivity contribution in [3.63, 3.8) is 0 Å². The van der Waals surface area contributed by atoms with Gasteiger partial charge in [-0.15, -0.1) is 11.3 Å². The monoisotopic (exact) mass is 349 g/mol. The second-order valence-corrected chi connectivity index (χ2v) is 7.36. The van der Waals surface area contributed by atoms with E-state index in [1.807, 2.05) is 19.1 Å². The number of pyridine rings is 1. The number of anilines is 1. The number of nitrogens with zero attached hydrogens (tertiary/aromatic N) is 3. The molecule has 1 aliphatic heterocycles. The summed E-state index contributed by atoms with van der Waals surface area (Å²) in [5.41, 5.74) is 3.35. The predicted molar refractivity (Wildman–Crippen MR) is 92.0 cm³/mol. The Morgan fingerprint density at radius 3 is 2.78 bits per heavy atom. The highest BCUT2D eigenvalue weighted by molar-refractivity contribution is 7.19. The van der Waals surface area contributed by atoms with E-state index in [2.05, 4.69) is 4.98 Å². The third kappa shape index (κ3) is 2.96. The van der Waals surface area contributed by atoms with Crippen LogP contribution >= 0.6 is 22.9 Å². The molecule has 2 amide bonds. The van der Waals surface area contributed by atoms with Crippen LogP contribution in [0.3, 0.4) is 0 Å². The van der Waals surface area contributed by atoms with Crippen molar-refractivity contribution in [1.29, 1.82) is 0 Å². The van der Waals surface area contributed by atoms with Crippen LogP contribution in [0.4, 0.5) is 5.69 Å². The predicted octanol–water partition coefficient (Wildman–Crippen LogP) is 2.75. The number of carbonyl (C=O) groups excluding carboxylic acids is 2. The Hall–Kier alpha value is -1.92. The average molecular weight is 350 g/mol. The number of aromatic nitrogens is 1. The van der Waals surface area contributed by atoms with Crippen molar-refractivity contribution in [2.75, 3.05) is 25.5 Å². The molecule has 120 valence electrons. The molecule has 2 aromatic rings. The smallest absolute Gasteiger partial charge is 0.242 e. The maximum absolute atomic E-state index is 12.2. The topological polar surface area (TPSA) is 53.5 Å². The van der Waals surface area contributed by atoms with E-state index in [1.54, 1.807) is 20.3 Å². The Morgan fingerprint density at radius 1 is 1.43 bits per heavy atom. The normalized spacial score (nSPS) is 13.4. The van der Waals surface area contributed by atoms with Crippen LogP contribution in [-0.4, -0.2) is 42.3 Å². The summed E-state index contributed by atoms with van der Waals surface area (Å²) in [6.45, 7) is 1.99. The van der Waals surface area contributed by atoms with Gasteiger partial charge in [0.25, 0.3) is 0 Å². The zero-order valence-corrected chi connectivity index (χ0v) is 14.7. The van der Waals surface area contributed by atoms with Gasteiger partial charge < -0.3 is 9.80 Å². The number of hydrogen-bond donors (Lipinski definition) is 0. The fourth-order valence-electron chi connectivity index (χ4n) is 2.41. The van der Waals surface area contributed by atoms with E-state index < -0.39 is 0 Å². The highest BCUT2D eigenvalue weighted by Crippen LogP contribution is 2.37. The van der Waals surface area contributed by atoms with Crippen LogP contribution in [0.1, 0.15) is 11.3 Å². The molecule has 0 aromatic carbocycles. The number of thiophene rings is 1. The molecule has 0 aliphatic carbocycles. The third-order valence-corrected chi connectivity index (χ3v) is 5.40. The first-order valence-electron chi connectivity index (χ1n) is 7.12. The fourth-order valence-corrected chi connectivity index (χ4v) is 3.59. The summed E-state index contributed by atoms with van der Waals surface area (Å²) < 4.78 is 0.746. The molecule has 2 aromatic heterocycles. The number of aryl methyl sites for hydroxylation is 1. The Balaban J connectivity index is 1.97. The van der Waals surface area contributed by atoms with Crippen molar-refractivity contribution < 1.29 is 9.59 Å². The molecule has 0 fully saturated rings. The Morgan fingerprint density at radius 2 is 2.17 bits per heavy atom. The molecule has 5 nitrogen and oxygen atoms in total. The number of rotatable bonds is 3. The number of halogens is 1. The van der Waals surface area contributed by atoms with E-state index in [4.69, 9.17) is 11.6 Å². The number of likely N-dealkylation sites (N-methyl/N-ethyl adjacent to an activating group) is 1. The van der Waals surface area contributed by atoms with Crippen molar-refractivity contribution >= 4 is 40.4 Å². The molecule has 0 spiro atoms. The molecule has 3 rings (SSSR count). The lowest BCUT2D eigenvalue weighted by Crippen LogP contribution is -2.38. The number of hydrogen-bond acceptors (Lipinski definition) is 4. The zero-order valence-electron chi connectivity index (χ0n) is 13.1. The molecule has 0 bridgehead atoms. The lowest BCUT2D eigenvalue weighted by atomic mass is 10.2. The number of fused-ring (bicyclic) bond motifs is 1. The summed E-state index contributed by atoms with van der Waals surface area (Å²) in [4.78, 5) is 32.5. The van der Waals surface area contributed by atoms with Gasteiger partial charge in [0, 0.05) is 30.7 Å². The van der Waals surface area contributed by atoms with Gasteiger partial charge in [-0.2, -0.15) is 0 Å². The molecule has 3 heterocycles. The first-order chi connectivity index (χ1) is 10.9. The minimum atomic E-state index is -0.119. The lowest BCUT2D eigenvalue weighted by molar-refractivity contribution is -0.129. The highest BCUT2D eigenvalue weighted by Gasteiger charge is 2.30. The molecule has 0 saturated carbocycles. The van der Waals surface area contributed by atoms with Crippen molar-refractivity contribution in [2.45, 2.75) is 13.3 Å².